The minimum atomic E-state index is -5.45. The van der Waals surface area contributed by atoms with Gasteiger partial charge in [-0.3, -0.25) is 14.6 Å². The van der Waals surface area contributed by atoms with Crippen LogP contribution < -0.4 is 5.48 Å². The molecule has 1 N–H and O–H groups in total. The summed E-state index contributed by atoms with van der Waals surface area (Å²) in [5, 5.41) is 0. The van der Waals surface area contributed by atoms with Crippen LogP contribution in [0, 0.1) is 0 Å². The predicted octanol–water partition coefficient (Wildman–Crippen LogP) is 0.913. The molecule has 0 saturated heterocycles. The average Bonchev–Trinajstić information content (AvgIpc) is 2.45. The third-order valence-corrected chi connectivity index (χ3v) is 4.43. The fraction of sp³-hybridized carbons (Fsp3) is 0.455. The molecule has 0 aromatic carbocycles. The van der Waals surface area contributed by atoms with Gasteiger partial charge in [0.05, 0.1) is 6.61 Å². The first-order chi connectivity index (χ1) is 10.1. The number of carbonyl (C=O) groups is 1. The van der Waals surface area contributed by atoms with E-state index in [4.69, 9.17) is 4.84 Å². The molecule has 0 radical (unpaired) electrons. The number of halogens is 3. The zero-order valence-corrected chi connectivity index (χ0v) is 12.5. The summed E-state index contributed by atoms with van der Waals surface area (Å²) in [4.78, 5) is 20.0. The Kier molecular flexibility index (Phi) is 5.85. The zero-order valence-electron chi connectivity index (χ0n) is 11.7. The van der Waals surface area contributed by atoms with Crippen LogP contribution in [0.1, 0.15) is 17.3 Å². The Morgan fingerprint density at radius 3 is 2.45 bits per heavy atom. The van der Waals surface area contributed by atoms with Crippen LogP contribution >= 0.6 is 0 Å². The smallest absolute Gasteiger partial charge is 0.272 e. The van der Waals surface area contributed by atoms with Gasteiger partial charge in [0.25, 0.3) is 5.91 Å². The van der Waals surface area contributed by atoms with Crippen LogP contribution in [-0.4, -0.2) is 48.8 Å². The van der Waals surface area contributed by atoms with Crippen molar-refractivity contribution in [1.82, 2.24) is 14.8 Å². The number of amides is 1. The molecule has 11 heteroatoms. The Morgan fingerprint density at radius 1 is 1.41 bits per heavy atom. The lowest BCUT2D eigenvalue weighted by Gasteiger charge is -2.24. The standard InChI is InChI=1S/C11H14F3N3O4S/c1-8(17(2)22(19,20)11(12,13)14)7-21-16-10(18)9-3-5-15-6-4-9/h3-6,8H,7H2,1-2H3,(H,16,18)/t8-/m0/s1. The fourth-order valence-electron chi connectivity index (χ4n) is 1.30. The van der Waals surface area contributed by atoms with E-state index >= 15 is 0 Å². The number of hydrogen-bond acceptors (Lipinski definition) is 5. The number of nitrogens with zero attached hydrogens (tertiary/aromatic N) is 2. The van der Waals surface area contributed by atoms with Crippen LogP contribution in [0.15, 0.2) is 24.5 Å². The van der Waals surface area contributed by atoms with Crippen LogP contribution in [-0.2, 0) is 14.9 Å². The van der Waals surface area contributed by atoms with Crippen LogP contribution in [0.4, 0.5) is 13.2 Å². The SMILES string of the molecule is C[C@@H](CONC(=O)c1ccncc1)N(C)S(=O)(=O)C(F)(F)F. The molecule has 1 atom stereocenters. The molecule has 1 aromatic rings. The molecule has 1 amide bonds. The number of rotatable bonds is 6. The topological polar surface area (TPSA) is 88.6 Å². The van der Waals surface area contributed by atoms with E-state index in [1.54, 1.807) is 0 Å². The Bertz CT molecular complexity index is 607. The van der Waals surface area contributed by atoms with Crippen molar-refractivity contribution in [2.45, 2.75) is 18.5 Å². The second kappa shape index (κ2) is 7.03. The fourth-order valence-corrected chi connectivity index (χ4v) is 2.16. The molecule has 0 aliphatic heterocycles. The van der Waals surface area contributed by atoms with E-state index in [1.165, 1.54) is 31.5 Å². The first-order valence-corrected chi connectivity index (χ1v) is 7.38. The highest BCUT2D eigenvalue weighted by atomic mass is 32.2. The van der Waals surface area contributed by atoms with Crippen LogP contribution in [0.5, 0.6) is 0 Å². The van der Waals surface area contributed by atoms with Crippen molar-refractivity contribution in [2.24, 2.45) is 0 Å². The lowest BCUT2D eigenvalue weighted by atomic mass is 10.3. The van der Waals surface area contributed by atoms with E-state index < -0.39 is 34.1 Å². The van der Waals surface area contributed by atoms with Gasteiger partial charge in [0.1, 0.15) is 0 Å². The van der Waals surface area contributed by atoms with Gasteiger partial charge in [-0.15, -0.1) is 0 Å². The number of aromatic nitrogens is 1. The summed E-state index contributed by atoms with van der Waals surface area (Å²) in [7, 11) is -4.67. The zero-order chi connectivity index (χ0) is 17.0. The molecule has 1 rings (SSSR count). The quantitative estimate of drug-likeness (QED) is 0.777. The van der Waals surface area contributed by atoms with Crippen molar-refractivity contribution in [2.75, 3.05) is 13.7 Å². The van der Waals surface area contributed by atoms with E-state index in [0.29, 0.717) is 0 Å². The second-order valence-electron chi connectivity index (χ2n) is 4.29. The minimum Gasteiger partial charge on any atom is -0.272 e. The first-order valence-electron chi connectivity index (χ1n) is 5.94. The maximum absolute atomic E-state index is 12.4. The van der Waals surface area contributed by atoms with Gasteiger partial charge in [0.2, 0.25) is 0 Å². The molecule has 22 heavy (non-hydrogen) atoms. The number of nitrogens with one attached hydrogen (secondary N) is 1. The van der Waals surface area contributed by atoms with Crippen LogP contribution in [0.2, 0.25) is 0 Å². The normalized spacial score (nSPS) is 13.9. The van der Waals surface area contributed by atoms with Crippen molar-refractivity contribution >= 4 is 15.9 Å². The lowest BCUT2D eigenvalue weighted by Crippen LogP contribution is -2.45. The number of likely N-dealkylation sites (N-methyl/N-ethyl adjacent to an activating group) is 1. The summed E-state index contributed by atoms with van der Waals surface area (Å²) < 4.78 is 59.6. The summed E-state index contributed by atoms with van der Waals surface area (Å²) in [5.74, 6) is -0.629. The van der Waals surface area contributed by atoms with Gasteiger partial charge in [-0.05, 0) is 19.1 Å². The number of hydrogen-bond donors (Lipinski definition) is 1. The molecule has 124 valence electrons. The highest BCUT2D eigenvalue weighted by molar-refractivity contribution is 7.89. The van der Waals surface area contributed by atoms with E-state index in [2.05, 4.69) is 4.98 Å². The average molecular weight is 341 g/mol. The van der Waals surface area contributed by atoms with Gasteiger partial charge in [0, 0.05) is 31.0 Å². The Hall–Kier alpha value is -1.72. The number of alkyl halides is 3. The summed E-state index contributed by atoms with van der Waals surface area (Å²) in [6.45, 7) is 0.754. The van der Waals surface area contributed by atoms with E-state index in [-0.39, 0.29) is 9.87 Å². The number of hydroxylamine groups is 1. The lowest BCUT2D eigenvalue weighted by molar-refractivity contribution is -0.0509. The molecule has 0 spiro atoms. The molecule has 0 aliphatic rings. The van der Waals surface area contributed by atoms with Gasteiger partial charge in [0.15, 0.2) is 0 Å². The van der Waals surface area contributed by atoms with Gasteiger partial charge >= 0.3 is 15.5 Å². The van der Waals surface area contributed by atoms with Crippen molar-refractivity contribution in [3.8, 4) is 0 Å². The maximum atomic E-state index is 12.4. The highest BCUT2D eigenvalue weighted by Gasteiger charge is 2.49. The Morgan fingerprint density at radius 2 is 1.95 bits per heavy atom. The largest absolute Gasteiger partial charge is 0.511 e. The van der Waals surface area contributed by atoms with Crippen molar-refractivity contribution in [3.05, 3.63) is 30.1 Å². The Labute approximate surface area is 125 Å². The summed E-state index contributed by atoms with van der Waals surface area (Å²) in [5.41, 5.74) is -3.15. The third-order valence-electron chi connectivity index (χ3n) is 2.72. The molecule has 7 nitrogen and oxygen atoms in total. The Balaban J connectivity index is 2.53. The van der Waals surface area contributed by atoms with E-state index in [1.807, 2.05) is 5.48 Å². The van der Waals surface area contributed by atoms with Gasteiger partial charge in [-0.2, -0.15) is 17.5 Å². The summed E-state index contributed by atoms with van der Waals surface area (Å²) in [6.07, 6.45) is 2.75. The van der Waals surface area contributed by atoms with Crippen molar-refractivity contribution in [1.29, 1.82) is 0 Å². The molecule has 0 unspecified atom stereocenters. The number of pyridine rings is 1. The van der Waals surface area contributed by atoms with Crippen molar-refractivity contribution in [3.63, 3.8) is 0 Å². The van der Waals surface area contributed by atoms with Crippen LogP contribution in [0.25, 0.3) is 0 Å². The number of sulfonamides is 1. The highest BCUT2D eigenvalue weighted by Crippen LogP contribution is 2.26. The molecule has 0 saturated carbocycles. The first kappa shape index (κ1) is 18.3. The number of carbonyl (C=O) groups excluding carboxylic acids is 1. The van der Waals surface area contributed by atoms with E-state index in [9.17, 15) is 26.4 Å². The van der Waals surface area contributed by atoms with Gasteiger partial charge in [-0.1, -0.05) is 0 Å². The maximum Gasteiger partial charge on any atom is 0.511 e. The van der Waals surface area contributed by atoms with Crippen LogP contribution in [0.3, 0.4) is 0 Å². The monoisotopic (exact) mass is 341 g/mol. The molecule has 1 heterocycles. The van der Waals surface area contributed by atoms with E-state index in [0.717, 1.165) is 7.05 Å². The molecular formula is C11H14F3N3O4S. The molecule has 0 bridgehead atoms. The molecule has 0 fully saturated rings. The van der Waals surface area contributed by atoms with Crippen molar-refractivity contribution < 1.29 is 31.2 Å². The van der Waals surface area contributed by atoms with Gasteiger partial charge in [-0.25, -0.2) is 13.9 Å². The third kappa shape index (κ3) is 4.39. The predicted molar refractivity (Wildman–Crippen MR) is 69.9 cm³/mol. The second-order valence-corrected chi connectivity index (χ2v) is 6.28. The molecule has 1 aromatic heterocycles. The minimum absolute atomic E-state index is 0.131. The molecule has 0 aliphatic carbocycles. The molecular weight excluding hydrogens is 327 g/mol. The van der Waals surface area contributed by atoms with Gasteiger partial charge < -0.3 is 0 Å². The summed E-state index contributed by atoms with van der Waals surface area (Å²) >= 11 is 0. The summed E-state index contributed by atoms with van der Waals surface area (Å²) in [6, 6.07) is 1.68.